The van der Waals surface area contributed by atoms with Crippen molar-refractivity contribution < 1.29 is 14.7 Å². The lowest BCUT2D eigenvalue weighted by Crippen LogP contribution is -2.34. The van der Waals surface area contributed by atoms with Crippen molar-refractivity contribution >= 4 is 32.5 Å². The number of rotatable bonds is 2. The zero-order valence-corrected chi connectivity index (χ0v) is 5.68. The van der Waals surface area contributed by atoms with E-state index >= 15 is 0 Å². The Balaban J connectivity index is 3.88. The normalized spacial score (nSPS) is 12.1. The van der Waals surface area contributed by atoms with E-state index in [9.17, 15) is 9.59 Å². The molecule has 0 heterocycles. The van der Waals surface area contributed by atoms with E-state index < -0.39 is 17.1 Å². The van der Waals surface area contributed by atoms with Crippen LogP contribution in [0, 0.1) is 0 Å². The van der Waals surface area contributed by atoms with Gasteiger partial charge in [0.15, 0.2) is 5.25 Å². The maximum absolute atomic E-state index is 10.4. The van der Waals surface area contributed by atoms with Crippen LogP contribution >= 0.6 is 12.6 Å². The molecule has 0 rings (SSSR count). The van der Waals surface area contributed by atoms with Crippen LogP contribution in [0.25, 0.3) is 0 Å². The van der Waals surface area contributed by atoms with Crippen LogP contribution in [0.1, 0.15) is 0 Å². The van der Waals surface area contributed by atoms with Crippen molar-refractivity contribution in [3.05, 3.63) is 0 Å². The molecule has 0 bridgehead atoms. The van der Waals surface area contributed by atoms with Gasteiger partial charge in [0.25, 0.3) is 0 Å². The summed E-state index contributed by atoms with van der Waals surface area (Å²) in [6.45, 7) is 0. The molecule has 4 nitrogen and oxygen atoms in total. The van der Waals surface area contributed by atoms with Gasteiger partial charge in [0.05, 0.1) is 0 Å². The lowest BCUT2D eigenvalue weighted by atomic mass is 10.3. The molecule has 6 heteroatoms. The van der Waals surface area contributed by atoms with Gasteiger partial charge in [-0.1, -0.05) is 0 Å². The fourth-order valence-corrected chi connectivity index (χ4v) is 0.378. The zero-order valence-electron chi connectivity index (χ0n) is 4.79. The summed E-state index contributed by atoms with van der Waals surface area (Å²) in [7, 11) is 1.36. The van der Waals surface area contributed by atoms with E-state index in [0.717, 1.165) is 0 Å². The Morgan fingerprint density at radius 2 is 2.11 bits per heavy atom. The number of amides is 1. The van der Waals surface area contributed by atoms with E-state index in [-0.39, 0.29) is 0 Å². The number of aliphatic carboxylic acids is 1. The topological polar surface area (TPSA) is 66.4 Å². The number of carboxylic acid groups (broad SMARTS) is 1. The van der Waals surface area contributed by atoms with E-state index in [1.165, 1.54) is 7.98 Å². The highest BCUT2D eigenvalue weighted by molar-refractivity contribution is 7.82. The second-order valence-electron chi connectivity index (χ2n) is 1.36. The number of hydrogen-bond donors (Lipinski definition) is 3. The minimum absolute atomic E-state index is 0.606. The number of carbonyl (C=O) groups excluding carboxylic acids is 1. The molecule has 1 unspecified atom stereocenters. The fraction of sp³-hybridized carbons (Fsp3) is 0.333. The van der Waals surface area contributed by atoms with E-state index in [1.54, 1.807) is 0 Å². The number of carbonyl (C=O) groups is 2. The highest BCUT2D eigenvalue weighted by Gasteiger charge is 2.18. The quantitative estimate of drug-likeness (QED) is 0.241. The first-order chi connectivity index (χ1) is 4.09. The van der Waals surface area contributed by atoms with Crippen LogP contribution in [0.4, 0.5) is 0 Å². The van der Waals surface area contributed by atoms with Gasteiger partial charge < -0.3 is 10.3 Å². The van der Waals surface area contributed by atoms with Gasteiger partial charge in [-0.05, 0) is 0 Å². The van der Waals surface area contributed by atoms with Crippen LogP contribution in [-0.2, 0) is 9.59 Å². The molecule has 1 atom stereocenters. The molecule has 0 aromatic rings. The summed E-state index contributed by atoms with van der Waals surface area (Å²) in [5, 5.41) is 9.04. The molecule has 0 aromatic carbocycles. The van der Waals surface area contributed by atoms with E-state index in [0.29, 0.717) is 0 Å². The molecular weight excluding hydrogens is 141 g/mol. The van der Waals surface area contributed by atoms with Crippen molar-refractivity contribution in [3.8, 4) is 0 Å². The Bertz CT molecular complexity index is 139. The fourth-order valence-electron chi connectivity index (χ4n) is 0.249. The number of hydrogen-bond acceptors (Lipinski definition) is 3. The van der Waals surface area contributed by atoms with Crippen LogP contribution in [0.2, 0.25) is 0 Å². The van der Waals surface area contributed by atoms with Crippen molar-refractivity contribution in [1.29, 1.82) is 0 Å². The predicted octanol–water partition coefficient (Wildman–Crippen LogP) is -1.97. The van der Waals surface area contributed by atoms with Crippen LogP contribution in [0.3, 0.4) is 0 Å². The first kappa shape index (κ1) is 8.35. The minimum atomic E-state index is -1.25. The first-order valence-electron chi connectivity index (χ1n) is 2.22. The molecule has 0 saturated carbocycles. The van der Waals surface area contributed by atoms with Gasteiger partial charge in [-0.3, -0.25) is 9.59 Å². The lowest BCUT2D eigenvalue weighted by Gasteiger charge is -2.01. The van der Waals surface area contributed by atoms with Gasteiger partial charge in [0.2, 0.25) is 13.9 Å². The van der Waals surface area contributed by atoms with Crippen LogP contribution in [0.5, 0.6) is 0 Å². The summed E-state index contributed by atoms with van der Waals surface area (Å²) < 4.78 is 0. The highest BCUT2D eigenvalue weighted by Crippen LogP contribution is 1.92. The standard InChI is InChI=1S/C3H6BNO3S/c4-5-2(6)1(9)3(7)8/h1,9H,4H2,(H,5,6)(H,7,8). The second kappa shape index (κ2) is 3.39. The average Bonchev–Trinajstić information content (AvgIpc) is 1.84. The van der Waals surface area contributed by atoms with Crippen LogP contribution in [-0.4, -0.2) is 30.2 Å². The minimum Gasteiger partial charge on any atom is -0.480 e. The average molecular weight is 147 g/mol. The molecule has 0 aliphatic heterocycles. The molecule has 1 amide bonds. The Hall–Kier alpha value is -0.645. The van der Waals surface area contributed by atoms with Gasteiger partial charge in [0.1, 0.15) is 0 Å². The smallest absolute Gasteiger partial charge is 0.326 e. The summed E-state index contributed by atoms with van der Waals surface area (Å²) in [6.07, 6.45) is 0. The summed E-state index contributed by atoms with van der Waals surface area (Å²) in [5.74, 6) is -1.84. The predicted molar refractivity (Wildman–Crippen MR) is 37.1 cm³/mol. The van der Waals surface area contributed by atoms with Gasteiger partial charge >= 0.3 is 5.97 Å². The van der Waals surface area contributed by atoms with Gasteiger partial charge in [0, 0.05) is 0 Å². The Morgan fingerprint density at radius 3 is 2.22 bits per heavy atom. The maximum atomic E-state index is 10.4. The number of nitrogens with one attached hydrogen (secondary N) is 1. The monoisotopic (exact) mass is 147 g/mol. The third-order valence-corrected chi connectivity index (χ3v) is 1.18. The lowest BCUT2D eigenvalue weighted by molar-refractivity contribution is -0.139. The van der Waals surface area contributed by atoms with E-state index in [1.807, 2.05) is 0 Å². The molecule has 0 fully saturated rings. The van der Waals surface area contributed by atoms with Gasteiger partial charge in [-0.2, -0.15) is 12.6 Å². The Morgan fingerprint density at radius 1 is 1.67 bits per heavy atom. The maximum Gasteiger partial charge on any atom is 0.326 e. The molecule has 0 spiro atoms. The summed E-state index contributed by atoms with van der Waals surface area (Å²) in [5.41, 5.74) is 0. The number of thiol groups is 1. The Kier molecular flexibility index (Phi) is 3.15. The van der Waals surface area contributed by atoms with Crippen molar-refractivity contribution in [1.82, 2.24) is 5.23 Å². The molecule has 2 N–H and O–H groups in total. The van der Waals surface area contributed by atoms with Gasteiger partial charge in [-0.15, -0.1) is 0 Å². The van der Waals surface area contributed by atoms with Crippen molar-refractivity contribution in [3.63, 3.8) is 0 Å². The third kappa shape index (κ3) is 2.41. The van der Waals surface area contributed by atoms with Crippen LogP contribution < -0.4 is 5.23 Å². The molecule has 0 aliphatic carbocycles. The summed E-state index contributed by atoms with van der Waals surface area (Å²) in [4.78, 5) is 20.3. The molecule has 50 valence electrons. The first-order valence-corrected chi connectivity index (χ1v) is 2.73. The van der Waals surface area contributed by atoms with Crippen LogP contribution in [0.15, 0.2) is 0 Å². The highest BCUT2D eigenvalue weighted by atomic mass is 32.1. The summed E-state index contributed by atoms with van der Waals surface area (Å²) >= 11 is 3.49. The Labute approximate surface area is 58.5 Å². The molecule has 0 aliphatic rings. The summed E-state index contributed by atoms with van der Waals surface area (Å²) in [6, 6.07) is 0. The number of carboxylic acids is 1. The van der Waals surface area contributed by atoms with Gasteiger partial charge in [-0.25, -0.2) is 0 Å². The SMILES string of the molecule is BNC(=O)C(S)C(=O)O. The molecule has 0 radical (unpaired) electrons. The van der Waals surface area contributed by atoms with E-state index in [2.05, 4.69) is 17.9 Å². The van der Waals surface area contributed by atoms with Crippen molar-refractivity contribution in [2.45, 2.75) is 5.25 Å². The van der Waals surface area contributed by atoms with Crippen molar-refractivity contribution in [2.75, 3.05) is 0 Å². The third-order valence-electron chi connectivity index (χ3n) is 0.729. The van der Waals surface area contributed by atoms with Crippen molar-refractivity contribution in [2.24, 2.45) is 0 Å². The largest absolute Gasteiger partial charge is 0.480 e. The zero-order chi connectivity index (χ0) is 7.44. The molecule has 9 heavy (non-hydrogen) atoms. The second-order valence-corrected chi connectivity index (χ2v) is 1.87. The molecular formula is C3H6BNO3S. The van der Waals surface area contributed by atoms with E-state index in [4.69, 9.17) is 5.11 Å². The molecule has 0 saturated heterocycles. The molecule has 0 aromatic heterocycles.